The minimum absolute atomic E-state index is 0.240. The molecule has 2 aliphatic carbocycles. The molecular formula is C12H17N. The van der Waals surface area contributed by atoms with Crippen LogP contribution in [0.1, 0.15) is 19.8 Å². The van der Waals surface area contributed by atoms with Crippen LogP contribution in [0.2, 0.25) is 0 Å². The van der Waals surface area contributed by atoms with Gasteiger partial charge in [-0.2, -0.15) is 0 Å². The van der Waals surface area contributed by atoms with E-state index in [1.165, 1.54) is 6.42 Å². The van der Waals surface area contributed by atoms with E-state index in [9.17, 15) is 0 Å². The van der Waals surface area contributed by atoms with Gasteiger partial charge in [-0.3, -0.25) is 0 Å². The number of hydrogen-bond acceptors (Lipinski definition) is 1. The highest BCUT2D eigenvalue weighted by Gasteiger charge is 2.26. The molecule has 13 heavy (non-hydrogen) atoms. The van der Waals surface area contributed by atoms with E-state index in [1.54, 1.807) is 0 Å². The molecule has 0 spiro atoms. The van der Waals surface area contributed by atoms with E-state index in [-0.39, 0.29) is 5.54 Å². The molecule has 70 valence electrons. The van der Waals surface area contributed by atoms with Crippen molar-refractivity contribution in [2.24, 2.45) is 5.92 Å². The number of allylic oxidation sites excluding steroid dienone is 3. The Morgan fingerprint density at radius 1 is 1.31 bits per heavy atom. The smallest absolute Gasteiger partial charge is 0.0523 e. The monoisotopic (exact) mass is 175 g/mol. The molecule has 0 heterocycles. The molecule has 0 fully saturated rings. The quantitative estimate of drug-likeness (QED) is 0.650. The van der Waals surface area contributed by atoms with Gasteiger partial charge in [-0.15, -0.1) is 0 Å². The molecule has 1 heteroatoms. The van der Waals surface area contributed by atoms with Crippen LogP contribution in [-0.4, -0.2) is 12.1 Å². The Kier molecular flexibility index (Phi) is 2.36. The van der Waals surface area contributed by atoms with Crippen LogP contribution in [-0.2, 0) is 0 Å². The zero-order valence-corrected chi connectivity index (χ0v) is 8.16. The van der Waals surface area contributed by atoms with Crippen molar-refractivity contribution < 1.29 is 0 Å². The SMILES string of the molecule is CC1(NCC2C=CCC=CC2)C=C1. The van der Waals surface area contributed by atoms with Gasteiger partial charge in [-0.05, 0) is 25.7 Å². The molecule has 1 unspecified atom stereocenters. The highest BCUT2D eigenvalue weighted by molar-refractivity contribution is 5.31. The van der Waals surface area contributed by atoms with Crippen molar-refractivity contribution in [3.63, 3.8) is 0 Å². The first-order chi connectivity index (χ1) is 6.29. The second-order valence-corrected chi connectivity index (χ2v) is 4.13. The Labute approximate surface area is 80.2 Å². The first kappa shape index (κ1) is 8.76. The van der Waals surface area contributed by atoms with E-state index in [1.807, 2.05) is 0 Å². The van der Waals surface area contributed by atoms with Gasteiger partial charge in [0, 0.05) is 6.54 Å². The van der Waals surface area contributed by atoms with Gasteiger partial charge < -0.3 is 5.32 Å². The standard InChI is InChI=1S/C12H17N/c1-12(8-9-12)13-10-11-6-4-2-3-5-7-11/h2,4-5,7-9,11,13H,3,6,10H2,1H3. The van der Waals surface area contributed by atoms with Crippen LogP contribution >= 0.6 is 0 Å². The topological polar surface area (TPSA) is 12.0 Å². The third-order valence-corrected chi connectivity index (χ3v) is 2.70. The molecule has 0 aromatic heterocycles. The van der Waals surface area contributed by atoms with E-state index in [4.69, 9.17) is 0 Å². The molecule has 0 bridgehead atoms. The van der Waals surface area contributed by atoms with E-state index in [0.717, 1.165) is 13.0 Å². The molecule has 0 aromatic carbocycles. The molecule has 2 rings (SSSR count). The lowest BCUT2D eigenvalue weighted by molar-refractivity contribution is 0.507. The van der Waals surface area contributed by atoms with Gasteiger partial charge in [0.15, 0.2) is 0 Å². The van der Waals surface area contributed by atoms with E-state index in [2.05, 4.69) is 48.7 Å². The second-order valence-electron chi connectivity index (χ2n) is 4.13. The summed E-state index contributed by atoms with van der Waals surface area (Å²) in [7, 11) is 0. The third kappa shape index (κ3) is 2.56. The Hall–Kier alpha value is -0.820. The number of rotatable bonds is 3. The highest BCUT2D eigenvalue weighted by Crippen LogP contribution is 2.22. The number of nitrogens with one attached hydrogen (secondary N) is 1. The molecule has 1 N–H and O–H groups in total. The van der Waals surface area contributed by atoms with Crippen molar-refractivity contribution in [3.05, 3.63) is 36.5 Å². The summed E-state index contributed by atoms with van der Waals surface area (Å²) in [6.45, 7) is 3.30. The second kappa shape index (κ2) is 3.51. The first-order valence-electron chi connectivity index (χ1n) is 5.06. The lowest BCUT2D eigenvalue weighted by atomic mass is 10.1. The summed E-state index contributed by atoms with van der Waals surface area (Å²) in [4.78, 5) is 0. The van der Waals surface area contributed by atoms with Crippen LogP contribution in [0.15, 0.2) is 36.5 Å². The summed E-state index contributed by atoms with van der Waals surface area (Å²) in [5, 5.41) is 3.53. The highest BCUT2D eigenvalue weighted by atomic mass is 15.0. The van der Waals surface area contributed by atoms with Crippen LogP contribution in [0, 0.1) is 5.92 Å². The fourth-order valence-corrected chi connectivity index (χ4v) is 1.54. The van der Waals surface area contributed by atoms with Crippen molar-refractivity contribution in [1.29, 1.82) is 0 Å². The summed E-state index contributed by atoms with van der Waals surface area (Å²) in [6, 6.07) is 0. The maximum absolute atomic E-state index is 3.53. The fraction of sp³-hybridized carbons (Fsp3) is 0.500. The molecule has 0 aliphatic heterocycles. The lowest BCUT2D eigenvalue weighted by Crippen LogP contribution is -2.33. The maximum atomic E-state index is 3.53. The van der Waals surface area contributed by atoms with Crippen LogP contribution in [0.4, 0.5) is 0 Å². The maximum Gasteiger partial charge on any atom is 0.0523 e. The normalized spacial score (nSPS) is 28.8. The van der Waals surface area contributed by atoms with Crippen LogP contribution in [0.25, 0.3) is 0 Å². The van der Waals surface area contributed by atoms with Crippen molar-refractivity contribution in [2.45, 2.75) is 25.3 Å². The van der Waals surface area contributed by atoms with Crippen LogP contribution < -0.4 is 5.32 Å². The summed E-state index contributed by atoms with van der Waals surface area (Å²) in [5.41, 5.74) is 0.240. The van der Waals surface area contributed by atoms with Gasteiger partial charge >= 0.3 is 0 Å². The summed E-state index contributed by atoms with van der Waals surface area (Å²) in [6.07, 6.45) is 15.8. The Balaban J connectivity index is 1.77. The largest absolute Gasteiger partial charge is 0.304 e. The van der Waals surface area contributed by atoms with Gasteiger partial charge in [0.25, 0.3) is 0 Å². The Morgan fingerprint density at radius 2 is 2.15 bits per heavy atom. The molecule has 0 radical (unpaired) electrons. The minimum Gasteiger partial charge on any atom is -0.304 e. The Bertz CT molecular complexity index is 254. The molecule has 1 nitrogen and oxygen atoms in total. The minimum atomic E-state index is 0.240. The van der Waals surface area contributed by atoms with Crippen molar-refractivity contribution in [1.82, 2.24) is 5.32 Å². The van der Waals surface area contributed by atoms with E-state index < -0.39 is 0 Å². The van der Waals surface area contributed by atoms with Crippen LogP contribution in [0.3, 0.4) is 0 Å². The zero-order chi connectivity index (χ0) is 9.15. The average molecular weight is 175 g/mol. The van der Waals surface area contributed by atoms with Gasteiger partial charge in [0.1, 0.15) is 0 Å². The summed E-state index contributed by atoms with van der Waals surface area (Å²) < 4.78 is 0. The van der Waals surface area contributed by atoms with E-state index >= 15 is 0 Å². The van der Waals surface area contributed by atoms with Crippen LogP contribution in [0.5, 0.6) is 0 Å². The van der Waals surface area contributed by atoms with Crippen molar-refractivity contribution >= 4 is 0 Å². The lowest BCUT2D eigenvalue weighted by Gasteiger charge is -2.16. The molecule has 1 atom stereocenters. The molecule has 2 aliphatic rings. The Morgan fingerprint density at radius 3 is 2.92 bits per heavy atom. The third-order valence-electron chi connectivity index (χ3n) is 2.70. The first-order valence-corrected chi connectivity index (χ1v) is 5.06. The van der Waals surface area contributed by atoms with Gasteiger partial charge in [0.05, 0.1) is 5.54 Å². The van der Waals surface area contributed by atoms with Gasteiger partial charge in [-0.25, -0.2) is 0 Å². The molecule has 0 saturated carbocycles. The van der Waals surface area contributed by atoms with Crippen molar-refractivity contribution in [2.75, 3.05) is 6.54 Å². The van der Waals surface area contributed by atoms with E-state index in [0.29, 0.717) is 5.92 Å². The zero-order valence-electron chi connectivity index (χ0n) is 8.16. The average Bonchev–Trinajstić information content (AvgIpc) is 2.87. The molecule has 0 amide bonds. The molecular weight excluding hydrogens is 158 g/mol. The van der Waals surface area contributed by atoms with Gasteiger partial charge in [0.2, 0.25) is 0 Å². The predicted octanol–water partition coefficient (Wildman–Crippen LogP) is 2.43. The van der Waals surface area contributed by atoms with Crippen molar-refractivity contribution in [3.8, 4) is 0 Å². The molecule has 0 saturated heterocycles. The predicted molar refractivity (Wildman–Crippen MR) is 56.6 cm³/mol. The summed E-state index contributed by atoms with van der Waals surface area (Å²) in [5.74, 6) is 0.679. The fourth-order valence-electron chi connectivity index (χ4n) is 1.54. The number of hydrogen-bond donors (Lipinski definition) is 1. The molecule has 0 aromatic rings. The summed E-state index contributed by atoms with van der Waals surface area (Å²) >= 11 is 0. The van der Waals surface area contributed by atoms with Gasteiger partial charge in [-0.1, -0.05) is 36.5 Å².